The van der Waals surface area contributed by atoms with Crippen LogP contribution in [-0.4, -0.2) is 31.3 Å². The van der Waals surface area contributed by atoms with Gasteiger partial charge in [-0.25, -0.2) is 23.3 Å². The second kappa shape index (κ2) is 6.91. The standard InChI is InChI=1S/C22H17F2N5O/c1-13-27-22-19(28(13)12-14-7-16(23)10-17(24)8-14)9-15(11-25-22)18-4-6-29-21(18)20(30-2)3-5-26-29/h3-11H,12H2,1-2H3. The lowest BCUT2D eigenvalue weighted by atomic mass is 10.1. The maximum absolute atomic E-state index is 13.6. The molecular formula is C22H17F2N5O. The predicted octanol–water partition coefficient (Wildman–Crippen LogP) is 4.39. The van der Waals surface area contributed by atoms with Gasteiger partial charge in [0.2, 0.25) is 0 Å². The molecule has 0 atom stereocenters. The summed E-state index contributed by atoms with van der Waals surface area (Å²) < 4.78 is 36.4. The van der Waals surface area contributed by atoms with Gasteiger partial charge in [-0.1, -0.05) is 0 Å². The van der Waals surface area contributed by atoms with Crippen LogP contribution >= 0.6 is 0 Å². The predicted molar refractivity (Wildman–Crippen MR) is 108 cm³/mol. The number of hydrogen-bond acceptors (Lipinski definition) is 4. The highest BCUT2D eigenvalue weighted by molar-refractivity contribution is 5.88. The number of ether oxygens (including phenoxy) is 1. The number of fused-ring (bicyclic) bond motifs is 2. The molecule has 0 aliphatic heterocycles. The average molecular weight is 405 g/mol. The SMILES string of the molecule is COc1ccnn2ccc(-c3cnc4nc(C)n(Cc5cc(F)cc(F)c5)c4c3)c12. The van der Waals surface area contributed by atoms with Crippen LogP contribution in [-0.2, 0) is 6.54 Å². The Morgan fingerprint density at radius 3 is 2.63 bits per heavy atom. The normalized spacial score (nSPS) is 11.5. The third kappa shape index (κ3) is 2.97. The number of aromatic nitrogens is 5. The zero-order valence-electron chi connectivity index (χ0n) is 16.3. The van der Waals surface area contributed by atoms with E-state index in [1.807, 2.05) is 29.8 Å². The first-order valence-corrected chi connectivity index (χ1v) is 9.32. The lowest BCUT2D eigenvalue weighted by molar-refractivity contribution is 0.417. The average Bonchev–Trinajstić information content (AvgIpc) is 3.28. The molecule has 8 heteroatoms. The van der Waals surface area contributed by atoms with E-state index in [4.69, 9.17) is 4.74 Å². The number of benzene rings is 1. The molecule has 4 heterocycles. The molecule has 5 aromatic rings. The first kappa shape index (κ1) is 18.2. The van der Waals surface area contributed by atoms with E-state index in [0.29, 0.717) is 22.8 Å². The Morgan fingerprint density at radius 1 is 1.07 bits per heavy atom. The second-order valence-electron chi connectivity index (χ2n) is 7.01. The van der Waals surface area contributed by atoms with Crippen LogP contribution in [0.5, 0.6) is 5.75 Å². The van der Waals surface area contributed by atoms with E-state index >= 15 is 0 Å². The summed E-state index contributed by atoms with van der Waals surface area (Å²) in [6, 6.07) is 9.23. The number of pyridine rings is 1. The number of rotatable bonds is 4. The summed E-state index contributed by atoms with van der Waals surface area (Å²) in [5.74, 6) is 0.196. The van der Waals surface area contributed by atoms with E-state index in [-0.39, 0.29) is 6.54 Å². The van der Waals surface area contributed by atoms with Crippen molar-refractivity contribution in [2.75, 3.05) is 7.11 Å². The van der Waals surface area contributed by atoms with Crippen molar-refractivity contribution in [2.24, 2.45) is 0 Å². The molecule has 0 radical (unpaired) electrons. The molecule has 0 N–H and O–H groups in total. The summed E-state index contributed by atoms with van der Waals surface area (Å²) in [5.41, 5.74) is 4.47. The molecule has 4 aromatic heterocycles. The summed E-state index contributed by atoms with van der Waals surface area (Å²) in [5, 5.41) is 4.32. The van der Waals surface area contributed by atoms with E-state index in [0.717, 1.165) is 28.2 Å². The molecule has 0 fully saturated rings. The quantitative estimate of drug-likeness (QED) is 0.445. The van der Waals surface area contributed by atoms with Crippen LogP contribution in [0, 0.1) is 18.6 Å². The maximum Gasteiger partial charge on any atom is 0.177 e. The Kier molecular flexibility index (Phi) is 4.20. The van der Waals surface area contributed by atoms with E-state index < -0.39 is 11.6 Å². The Labute approximate surface area is 170 Å². The van der Waals surface area contributed by atoms with Crippen LogP contribution in [0.25, 0.3) is 27.8 Å². The molecule has 0 saturated heterocycles. The van der Waals surface area contributed by atoms with Gasteiger partial charge in [0.1, 0.15) is 28.7 Å². The minimum atomic E-state index is -0.606. The summed E-state index contributed by atoms with van der Waals surface area (Å²) >= 11 is 0. The lowest BCUT2D eigenvalue weighted by Gasteiger charge is -2.09. The monoisotopic (exact) mass is 405 g/mol. The number of aryl methyl sites for hydroxylation is 1. The summed E-state index contributed by atoms with van der Waals surface area (Å²) in [7, 11) is 1.62. The Bertz CT molecular complexity index is 1390. The van der Waals surface area contributed by atoms with E-state index in [1.165, 1.54) is 12.1 Å². The van der Waals surface area contributed by atoms with Crippen molar-refractivity contribution in [3.63, 3.8) is 0 Å². The minimum Gasteiger partial charge on any atom is -0.494 e. The van der Waals surface area contributed by atoms with E-state index in [2.05, 4.69) is 15.1 Å². The Morgan fingerprint density at radius 2 is 1.87 bits per heavy atom. The molecule has 0 bridgehead atoms. The van der Waals surface area contributed by atoms with Gasteiger partial charge in [-0.15, -0.1) is 0 Å². The minimum absolute atomic E-state index is 0.281. The van der Waals surface area contributed by atoms with Gasteiger partial charge in [0, 0.05) is 42.2 Å². The van der Waals surface area contributed by atoms with Gasteiger partial charge in [0.15, 0.2) is 5.65 Å². The Hall–Kier alpha value is -3.81. The van der Waals surface area contributed by atoms with Crippen molar-refractivity contribution in [3.05, 3.63) is 78.0 Å². The van der Waals surface area contributed by atoms with Crippen LogP contribution in [0.1, 0.15) is 11.4 Å². The molecule has 30 heavy (non-hydrogen) atoms. The molecule has 6 nitrogen and oxygen atoms in total. The van der Waals surface area contributed by atoms with Crippen molar-refractivity contribution in [2.45, 2.75) is 13.5 Å². The molecule has 0 unspecified atom stereocenters. The molecule has 0 amide bonds. The van der Waals surface area contributed by atoms with Crippen molar-refractivity contribution in [1.29, 1.82) is 0 Å². The van der Waals surface area contributed by atoms with Gasteiger partial charge in [0.05, 0.1) is 18.8 Å². The Balaban J connectivity index is 1.66. The fourth-order valence-electron chi connectivity index (χ4n) is 3.76. The van der Waals surface area contributed by atoms with Crippen LogP contribution in [0.4, 0.5) is 8.78 Å². The van der Waals surface area contributed by atoms with Gasteiger partial charge >= 0.3 is 0 Å². The van der Waals surface area contributed by atoms with Gasteiger partial charge in [-0.05, 0) is 36.8 Å². The van der Waals surface area contributed by atoms with Crippen molar-refractivity contribution in [3.8, 4) is 16.9 Å². The molecular weight excluding hydrogens is 388 g/mol. The van der Waals surface area contributed by atoms with Crippen LogP contribution in [0.2, 0.25) is 0 Å². The van der Waals surface area contributed by atoms with Gasteiger partial charge in [0.25, 0.3) is 0 Å². The number of hydrogen-bond donors (Lipinski definition) is 0. The topological polar surface area (TPSA) is 57.2 Å². The summed E-state index contributed by atoms with van der Waals surface area (Å²) in [4.78, 5) is 9.00. The number of halogens is 2. The summed E-state index contributed by atoms with van der Waals surface area (Å²) in [6.45, 7) is 2.13. The smallest absolute Gasteiger partial charge is 0.177 e. The molecule has 5 rings (SSSR count). The van der Waals surface area contributed by atoms with E-state index in [1.54, 1.807) is 30.1 Å². The summed E-state index contributed by atoms with van der Waals surface area (Å²) in [6.07, 6.45) is 5.28. The van der Waals surface area contributed by atoms with Crippen molar-refractivity contribution < 1.29 is 13.5 Å². The molecule has 0 spiro atoms. The zero-order valence-corrected chi connectivity index (χ0v) is 16.3. The fourth-order valence-corrected chi connectivity index (χ4v) is 3.76. The number of nitrogens with zero attached hydrogens (tertiary/aromatic N) is 5. The third-order valence-corrected chi connectivity index (χ3v) is 5.11. The second-order valence-corrected chi connectivity index (χ2v) is 7.01. The van der Waals surface area contributed by atoms with Crippen LogP contribution in [0.3, 0.4) is 0 Å². The first-order chi connectivity index (χ1) is 14.5. The van der Waals surface area contributed by atoms with E-state index in [9.17, 15) is 8.78 Å². The van der Waals surface area contributed by atoms with Crippen molar-refractivity contribution >= 4 is 16.7 Å². The van der Waals surface area contributed by atoms with Crippen molar-refractivity contribution in [1.82, 2.24) is 24.1 Å². The number of methoxy groups -OCH3 is 1. The largest absolute Gasteiger partial charge is 0.494 e. The number of imidazole rings is 1. The van der Waals surface area contributed by atoms with Gasteiger partial charge < -0.3 is 9.30 Å². The molecule has 0 aliphatic carbocycles. The highest BCUT2D eigenvalue weighted by atomic mass is 19.1. The molecule has 150 valence electrons. The molecule has 0 aliphatic rings. The third-order valence-electron chi connectivity index (χ3n) is 5.11. The highest BCUT2D eigenvalue weighted by Gasteiger charge is 2.15. The van der Waals surface area contributed by atoms with Crippen LogP contribution in [0.15, 0.2) is 55.0 Å². The van der Waals surface area contributed by atoms with Gasteiger partial charge in [-0.2, -0.15) is 5.10 Å². The zero-order chi connectivity index (χ0) is 20.8. The highest BCUT2D eigenvalue weighted by Crippen LogP contribution is 2.32. The van der Waals surface area contributed by atoms with Crippen LogP contribution < -0.4 is 4.74 Å². The molecule has 0 saturated carbocycles. The van der Waals surface area contributed by atoms with Gasteiger partial charge in [-0.3, -0.25) is 0 Å². The first-order valence-electron chi connectivity index (χ1n) is 9.32. The molecule has 1 aromatic carbocycles. The fraction of sp³-hybridized carbons (Fsp3) is 0.136. The lowest BCUT2D eigenvalue weighted by Crippen LogP contribution is -2.03. The maximum atomic E-state index is 13.6.